The fourth-order valence-corrected chi connectivity index (χ4v) is 0.718. The van der Waals surface area contributed by atoms with E-state index < -0.39 is 0 Å². The molecule has 3 heteroatoms. The first-order valence-corrected chi connectivity index (χ1v) is 3.21. The molecule has 0 heterocycles. The molecule has 0 aliphatic carbocycles. The minimum Gasteiger partial charge on any atom is -0.432 e. The Labute approximate surface area is 83.4 Å². The number of benzene rings is 1. The molecule has 0 amide bonds. The summed E-state index contributed by atoms with van der Waals surface area (Å²) >= 11 is 0. The van der Waals surface area contributed by atoms with Crippen molar-refractivity contribution < 1.29 is 28.4 Å². The van der Waals surface area contributed by atoms with Gasteiger partial charge in [0.25, 0.3) is 0 Å². The van der Waals surface area contributed by atoms with Crippen molar-refractivity contribution >= 4 is 5.97 Å². The van der Waals surface area contributed by atoms with Crippen LogP contribution in [0.5, 0.6) is 0 Å². The third-order valence-corrected chi connectivity index (χ3v) is 1.20. The van der Waals surface area contributed by atoms with Gasteiger partial charge in [-0.25, -0.2) is 4.79 Å². The molecule has 0 radical (unpaired) electrons. The monoisotopic (exact) mass is 155 g/mol. The summed E-state index contributed by atoms with van der Waals surface area (Å²) in [5.41, 5.74) is 0.535. The van der Waals surface area contributed by atoms with Gasteiger partial charge in [0.05, 0.1) is 11.8 Å². The topological polar surface area (TPSA) is 26.3 Å². The van der Waals surface area contributed by atoms with Crippen LogP contribution in [-0.4, -0.2) is 5.97 Å². The van der Waals surface area contributed by atoms with Gasteiger partial charge in [0.2, 0.25) is 0 Å². The summed E-state index contributed by atoms with van der Waals surface area (Å²) in [6.07, 6.45) is 1.12. The standard InChI is InChI=1S/C9H8O2.Li/c1-2-11-9(10)8-6-4-3-5-7-8;/h2-7H,1H2;/q;+1. The average molecular weight is 155 g/mol. The largest absolute Gasteiger partial charge is 1.00 e. The maximum Gasteiger partial charge on any atom is 1.00 e. The summed E-state index contributed by atoms with van der Waals surface area (Å²) < 4.78 is 4.55. The van der Waals surface area contributed by atoms with E-state index in [4.69, 9.17) is 0 Å². The van der Waals surface area contributed by atoms with Crippen LogP contribution in [-0.2, 0) is 4.74 Å². The summed E-state index contributed by atoms with van der Waals surface area (Å²) in [5.74, 6) is -0.374. The van der Waals surface area contributed by atoms with Gasteiger partial charge in [0.15, 0.2) is 0 Å². The van der Waals surface area contributed by atoms with Gasteiger partial charge < -0.3 is 4.74 Å². The summed E-state index contributed by atoms with van der Waals surface area (Å²) in [7, 11) is 0. The van der Waals surface area contributed by atoms with Gasteiger partial charge in [0.1, 0.15) is 0 Å². The summed E-state index contributed by atoms with van der Waals surface area (Å²) in [6.45, 7) is 3.28. The van der Waals surface area contributed by atoms with Crippen molar-refractivity contribution in [3.63, 3.8) is 0 Å². The summed E-state index contributed by atoms with van der Waals surface area (Å²) in [6, 6.07) is 8.77. The van der Waals surface area contributed by atoms with E-state index in [0.717, 1.165) is 6.26 Å². The van der Waals surface area contributed by atoms with E-state index in [1.807, 2.05) is 6.07 Å². The zero-order valence-corrected chi connectivity index (χ0v) is 6.99. The third kappa shape index (κ3) is 2.96. The van der Waals surface area contributed by atoms with Gasteiger partial charge in [-0.15, -0.1) is 0 Å². The number of hydrogen-bond acceptors (Lipinski definition) is 2. The van der Waals surface area contributed by atoms with Gasteiger partial charge in [0, 0.05) is 0 Å². The molecule has 12 heavy (non-hydrogen) atoms. The second kappa shape index (κ2) is 5.65. The van der Waals surface area contributed by atoms with Crippen LogP contribution >= 0.6 is 0 Å². The van der Waals surface area contributed by atoms with Gasteiger partial charge in [-0.2, -0.15) is 0 Å². The first-order chi connectivity index (χ1) is 5.34. The Morgan fingerprint density at radius 1 is 1.33 bits per heavy atom. The number of ether oxygens (including phenoxy) is 1. The van der Waals surface area contributed by atoms with Crippen LogP contribution in [0.2, 0.25) is 0 Å². The molecule has 2 nitrogen and oxygen atoms in total. The minimum atomic E-state index is -0.374. The van der Waals surface area contributed by atoms with Crippen LogP contribution in [0.1, 0.15) is 10.4 Å². The minimum absolute atomic E-state index is 0. The molecule has 0 aliphatic rings. The Kier molecular flexibility index (Phi) is 5.19. The Hall–Kier alpha value is -0.973. The van der Waals surface area contributed by atoms with Crippen molar-refractivity contribution in [3.05, 3.63) is 48.7 Å². The van der Waals surface area contributed by atoms with Crippen molar-refractivity contribution in [1.29, 1.82) is 0 Å². The number of esters is 1. The Morgan fingerprint density at radius 2 is 1.92 bits per heavy atom. The van der Waals surface area contributed by atoms with E-state index in [1.54, 1.807) is 24.3 Å². The molecule has 0 aromatic heterocycles. The van der Waals surface area contributed by atoms with Crippen LogP contribution in [0.25, 0.3) is 0 Å². The second-order valence-corrected chi connectivity index (χ2v) is 1.94. The number of carbonyl (C=O) groups excluding carboxylic acids is 1. The van der Waals surface area contributed by atoms with Gasteiger partial charge in [-0.3, -0.25) is 0 Å². The van der Waals surface area contributed by atoms with E-state index in [-0.39, 0.29) is 24.8 Å². The van der Waals surface area contributed by atoms with E-state index >= 15 is 0 Å². The maximum absolute atomic E-state index is 11.0. The Bertz CT molecular complexity index is 256. The van der Waals surface area contributed by atoms with E-state index in [9.17, 15) is 4.79 Å². The molecular weight excluding hydrogens is 147 g/mol. The molecule has 1 aromatic carbocycles. The molecule has 0 atom stereocenters. The first kappa shape index (κ1) is 11.0. The number of rotatable bonds is 2. The second-order valence-electron chi connectivity index (χ2n) is 1.94. The molecule has 0 fully saturated rings. The maximum atomic E-state index is 11.0. The average Bonchev–Trinajstić information content (AvgIpc) is 2.07. The quantitative estimate of drug-likeness (QED) is 0.311. The summed E-state index contributed by atoms with van der Waals surface area (Å²) in [4.78, 5) is 11.0. The van der Waals surface area contributed by atoms with E-state index in [0.29, 0.717) is 5.56 Å². The molecule has 0 aliphatic heterocycles. The molecule has 0 saturated heterocycles. The van der Waals surface area contributed by atoms with E-state index in [1.165, 1.54) is 0 Å². The number of hydrogen-bond donors (Lipinski definition) is 0. The molecule has 0 bridgehead atoms. The molecule has 0 saturated carbocycles. The SMILES string of the molecule is C=COC(=O)c1ccccc1.[Li+]. The molecule has 56 valence electrons. The van der Waals surface area contributed by atoms with Crippen molar-refractivity contribution in [2.75, 3.05) is 0 Å². The van der Waals surface area contributed by atoms with E-state index in [2.05, 4.69) is 11.3 Å². The fraction of sp³-hybridized carbons (Fsp3) is 0. The normalized spacial score (nSPS) is 8.00. The van der Waals surface area contributed by atoms with Crippen LogP contribution in [0.15, 0.2) is 43.2 Å². The van der Waals surface area contributed by atoms with Crippen molar-refractivity contribution in [2.45, 2.75) is 0 Å². The molecular formula is C9H8LiO2+. The Morgan fingerprint density at radius 3 is 2.42 bits per heavy atom. The smallest absolute Gasteiger partial charge is 0.432 e. The van der Waals surface area contributed by atoms with Crippen LogP contribution in [0, 0.1) is 0 Å². The first-order valence-electron chi connectivity index (χ1n) is 3.21. The third-order valence-electron chi connectivity index (χ3n) is 1.20. The molecule has 0 unspecified atom stereocenters. The van der Waals surface area contributed by atoms with Crippen LogP contribution in [0.4, 0.5) is 0 Å². The van der Waals surface area contributed by atoms with Gasteiger partial charge in [-0.05, 0) is 12.1 Å². The van der Waals surface area contributed by atoms with Gasteiger partial charge >= 0.3 is 24.8 Å². The number of carbonyl (C=O) groups is 1. The fourth-order valence-electron chi connectivity index (χ4n) is 0.718. The van der Waals surface area contributed by atoms with Crippen LogP contribution < -0.4 is 18.9 Å². The van der Waals surface area contributed by atoms with Crippen LogP contribution in [0.3, 0.4) is 0 Å². The zero-order valence-electron chi connectivity index (χ0n) is 6.99. The molecule has 1 rings (SSSR count). The predicted molar refractivity (Wildman–Crippen MR) is 42.1 cm³/mol. The van der Waals surface area contributed by atoms with Crippen molar-refractivity contribution in [1.82, 2.24) is 0 Å². The molecule has 0 spiro atoms. The predicted octanol–water partition coefficient (Wildman–Crippen LogP) is -1.01. The zero-order chi connectivity index (χ0) is 8.10. The Balaban J connectivity index is 0.00000121. The van der Waals surface area contributed by atoms with Gasteiger partial charge in [-0.1, -0.05) is 24.8 Å². The van der Waals surface area contributed by atoms with Crippen molar-refractivity contribution in [2.24, 2.45) is 0 Å². The molecule has 0 N–H and O–H groups in total. The van der Waals surface area contributed by atoms with Crippen molar-refractivity contribution in [3.8, 4) is 0 Å². The summed E-state index contributed by atoms with van der Waals surface area (Å²) in [5, 5.41) is 0. The molecule has 1 aromatic rings.